The van der Waals surface area contributed by atoms with E-state index in [1.165, 1.54) is 19.1 Å². The number of nitrogens with one attached hydrogen (secondary N) is 1. The zero-order valence-corrected chi connectivity index (χ0v) is 25.0. The Morgan fingerprint density at radius 2 is 1.46 bits per heavy atom. The summed E-state index contributed by atoms with van der Waals surface area (Å²) in [5, 5.41) is 11.4. The first-order valence-corrected chi connectivity index (χ1v) is 12.6. The zero-order chi connectivity index (χ0) is 32.3. The summed E-state index contributed by atoms with van der Waals surface area (Å²) in [6.07, 6.45) is -5.49. The summed E-state index contributed by atoms with van der Waals surface area (Å²) in [6.45, 7) is 14.1. The average Bonchev–Trinajstić information content (AvgIpc) is 3.29. The number of ether oxygens (including phenoxy) is 4. The topological polar surface area (TPSA) is 154 Å². The van der Waals surface area contributed by atoms with E-state index in [9.17, 15) is 37.5 Å². The fourth-order valence-corrected chi connectivity index (χ4v) is 3.16. The first kappa shape index (κ1) is 37.2. The number of esters is 2. The summed E-state index contributed by atoms with van der Waals surface area (Å²) in [5.41, 5.74) is -2.56. The van der Waals surface area contributed by atoms with Gasteiger partial charge in [-0.3, -0.25) is 15.0 Å². The van der Waals surface area contributed by atoms with E-state index < -0.39 is 70.6 Å². The van der Waals surface area contributed by atoms with E-state index in [0.29, 0.717) is 12.3 Å². The summed E-state index contributed by atoms with van der Waals surface area (Å²) in [5.74, 6) is -2.76. The number of anilines is 1. The normalized spacial score (nSPS) is 16.7. The number of aromatic hydroxyl groups is 1. The van der Waals surface area contributed by atoms with Gasteiger partial charge in [0.2, 0.25) is 0 Å². The Labute approximate surface area is 237 Å². The Hall–Kier alpha value is -3.78. The van der Waals surface area contributed by atoms with Crippen LogP contribution in [-0.4, -0.2) is 77.1 Å². The van der Waals surface area contributed by atoms with Crippen LogP contribution in [0, 0.1) is 5.92 Å². The molecule has 0 radical (unpaired) electrons. The van der Waals surface area contributed by atoms with Crippen LogP contribution in [0.25, 0.3) is 0 Å². The number of carbonyl (C=O) groups is 4. The van der Waals surface area contributed by atoms with Crippen molar-refractivity contribution < 1.29 is 56.4 Å². The molecule has 1 aliphatic rings. The lowest BCUT2D eigenvalue weighted by Gasteiger charge is -2.27. The van der Waals surface area contributed by atoms with Gasteiger partial charge in [-0.25, -0.2) is 19.4 Å². The number of amides is 2. The van der Waals surface area contributed by atoms with Crippen LogP contribution in [-0.2, 0) is 34.7 Å². The van der Waals surface area contributed by atoms with Crippen LogP contribution in [0.2, 0.25) is 0 Å². The Morgan fingerprint density at radius 3 is 1.88 bits per heavy atom. The van der Waals surface area contributed by atoms with Gasteiger partial charge >= 0.3 is 30.3 Å². The van der Waals surface area contributed by atoms with Gasteiger partial charge in [0.25, 0.3) is 0 Å². The molecule has 0 aromatic carbocycles. The second-order valence-corrected chi connectivity index (χ2v) is 10.3. The number of hydrogen-bond acceptors (Lipinski definition) is 10. The number of rotatable bonds is 3. The summed E-state index contributed by atoms with van der Waals surface area (Å²) >= 11 is 0. The Kier molecular flexibility index (Phi) is 13.9. The molecule has 2 unspecified atom stereocenters. The number of nitrogens with zero attached hydrogens (tertiary/aromatic N) is 2. The lowest BCUT2D eigenvalue weighted by atomic mass is 10.1. The van der Waals surface area contributed by atoms with Crippen LogP contribution >= 0.6 is 0 Å². The molecule has 1 saturated heterocycles. The number of pyridine rings is 1. The highest BCUT2D eigenvalue weighted by atomic mass is 19.4. The van der Waals surface area contributed by atoms with Gasteiger partial charge in [0.15, 0.2) is 11.6 Å². The van der Waals surface area contributed by atoms with Crippen molar-refractivity contribution in [2.24, 2.45) is 5.92 Å². The molecule has 1 fully saturated rings. The number of carbonyl (C=O) groups excluding carboxylic acids is 4. The molecule has 0 saturated carbocycles. The van der Waals surface area contributed by atoms with Crippen LogP contribution in [0.5, 0.6) is 5.75 Å². The predicted molar refractivity (Wildman–Crippen MR) is 141 cm³/mol. The van der Waals surface area contributed by atoms with E-state index in [4.69, 9.17) is 9.47 Å². The number of halogens is 3. The molecule has 15 heteroatoms. The lowest BCUT2D eigenvalue weighted by molar-refractivity contribution is -0.146. The molecule has 1 aliphatic heterocycles. The minimum atomic E-state index is -4.62. The molecule has 0 spiro atoms. The molecular weight excluding hydrogens is 555 g/mol. The third-order valence-electron chi connectivity index (χ3n) is 4.75. The Morgan fingerprint density at radius 1 is 0.951 bits per heavy atom. The van der Waals surface area contributed by atoms with Crippen molar-refractivity contribution in [2.45, 2.75) is 85.2 Å². The van der Waals surface area contributed by atoms with Crippen molar-refractivity contribution in [3.05, 3.63) is 17.8 Å². The smallest absolute Gasteiger partial charge is 0.418 e. The van der Waals surface area contributed by atoms with Gasteiger partial charge in [0, 0.05) is 12.7 Å². The standard InChI is InChI=1S/C13H21NO6.C11H13F3N2O3.C2H6/c1-13(2,3)20-12(17)14-7-8(10(15)18-4)6-9(14)11(16)19-5;1-10(2,3)19-9(18)16-8-7(17)4-6(5-15-8)11(12,13)14;1-2/h8-9H,6-7H2,1-5H3;4-5,17H,1-3H3,(H,15,16,18);1-2H3. The molecular formula is C26H40F3N3O9. The van der Waals surface area contributed by atoms with Crippen molar-refractivity contribution in [3.63, 3.8) is 0 Å². The number of likely N-dealkylation sites (tertiary alicyclic amines) is 1. The zero-order valence-electron chi connectivity index (χ0n) is 25.0. The minimum absolute atomic E-state index is 0.0847. The number of hydrogen-bond donors (Lipinski definition) is 2. The third-order valence-corrected chi connectivity index (χ3v) is 4.75. The molecule has 41 heavy (non-hydrogen) atoms. The van der Waals surface area contributed by atoms with Gasteiger partial charge in [0.1, 0.15) is 17.2 Å². The molecule has 1 aromatic heterocycles. The second-order valence-electron chi connectivity index (χ2n) is 10.3. The minimum Gasteiger partial charge on any atom is -0.504 e. The second kappa shape index (κ2) is 15.3. The highest BCUT2D eigenvalue weighted by Gasteiger charge is 2.45. The van der Waals surface area contributed by atoms with Crippen molar-refractivity contribution in [1.82, 2.24) is 9.88 Å². The number of alkyl halides is 3. The van der Waals surface area contributed by atoms with Gasteiger partial charge in [0.05, 0.1) is 25.7 Å². The fourth-order valence-electron chi connectivity index (χ4n) is 3.16. The molecule has 2 atom stereocenters. The first-order valence-electron chi connectivity index (χ1n) is 12.6. The first-order chi connectivity index (χ1) is 18.7. The summed E-state index contributed by atoms with van der Waals surface area (Å²) in [7, 11) is 2.51. The highest BCUT2D eigenvalue weighted by Crippen LogP contribution is 2.33. The van der Waals surface area contributed by atoms with Crippen LogP contribution in [0.1, 0.15) is 67.4 Å². The van der Waals surface area contributed by atoms with Crippen LogP contribution in [0.4, 0.5) is 28.6 Å². The summed E-state index contributed by atoms with van der Waals surface area (Å²) in [6, 6.07) is -0.348. The lowest BCUT2D eigenvalue weighted by Crippen LogP contribution is -2.43. The van der Waals surface area contributed by atoms with E-state index in [0.717, 1.165) is 0 Å². The molecule has 2 N–H and O–H groups in total. The Balaban J connectivity index is 0.000000737. The number of methoxy groups -OCH3 is 2. The van der Waals surface area contributed by atoms with Gasteiger partial charge in [-0.2, -0.15) is 13.2 Å². The fraction of sp³-hybridized carbons (Fsp3) is 0.654. The number of aromatic nitrogens is 1. The molecule has 2 amide bonds. The van der Waals surface area contributed by atoms with Gasteiger partial charge < -0.3 is 24.1 Å². The SMILES string of the molecule is CC.CC(C)(C)OC(=O)Nc1ncc(C(F)(F)F)cc1O.COC(=O)C1CC(C(=O)OC)N(C(=O)OC(C)(C)C)C1. The van der Waals surface area contributed by atoms with Crippen molar-refractivity contribution in [2.75, 3.05) is 26.1 Å². The van der Waals surface area contributed by atoms with E-state index in [2.05, 4.69) is 19.8 Å². The van der Waals surface area contributed by atoms with Crippen molar-refractivity contribution >= 4 is 29.9 Å². The molecule has 2 rings (SSSR count). The van der Waals surface area contributed by atoms with E-state index in [-0.39, 0.29) is 13.0 Å². The van der Waals surface area contributed by atoms with Gasteiger partial charge in [-0.15, -0.1) is 0 Å². The van der Waals surface area contributed by atoms with Gasteiger partial charge in [-0.1, -0.05) is 13.8 Å². The molecule has 12 nitrogen and oxygen atoms in total. The predicted octanol–water partition coefficient (Wildman–Crippen LogP) is 5.14. The van der Waals surface area contributed by atoms with E-state index >= 15 is 0 Å². The van der Waals surface area contributed by atoms with Crippen molar-refractivity contribution in [3.8, 4) is 5.75 Å². The maximum Gasteiger partial charge on any atom is 0.418 e. The van der Waals surface area contributed by atoms with Crippen LogP contribution < -0.4 is 5.32 Å². The summed E-state index contributed by atoms with van der Waals surface area (Å²) in [4.78, 5) is 51.3. The average molecular weight is 596 g/mol. The quantitative estimate of drug-likeness (QED) is 0.355. The maximum atomic E-state index is 12.3. The molecule has 234 valence electrons. The molecule has 2 heterocycles. The maximum absolute atomic E-state index is 12.3. The van der Waals surface area contributed by atoms with Crippen LogP contribution in [0.3, 0.4) is 0 Å². The monoisotopic (exact) mass is 595 g/mol. The molecule has 0 aliphatic carbocycles. The van der Waals surface area contributed by atoms with Crippen LogP contribution in [0.15, 0.2) is 12.3 Å². The third kappa shape index (κ3) is 13.0. The summed E-state index contributed by atoms with van der Waals surface area (Å²) < 4.78 is 56.4. The van der Waals surface area contributed by atoms with Crippen molar-refractivity contribution in [1.29, 1.82) is 0 Å². The van der Waals surface area contributed by atoms with E-state index in [1.54, 1.807) is 41.5 Å². The van der Waals surface area contributed by atoms with Gasteiger partial charge in [-0.05, 0) is 54.0 Å². The highest BCUT2D eigenvalue weighted by molar-refractivity contribution is 5.86. The Bertz CT molecular complexity index is 1050. The largest absolute Gasteiger partial charge is 0.504 e. The molecule has 1 aromatic rings. The molecule has 0 bridgehead atoms. The van der Waals surface area contributed by atoms with E-state index in [1.807, 2.05) is 13.8 Å².